The van der Waals surface area contributed by atoms with E-state index in [1.165, 1.54) is 6.20 Å². The maximum atomic E-state index is 11.9. The van der Waals surface area contributed by atoms with Crippen LogP contribution in [0.2, 0.25) is 0 Å². The number of hydrogen-bond acceptors (Lipinski definition) is 5. The highest BCUT2D eigenvalue weighted by Crippen LogP contribution is 2.41. The Morgan fingerprint density at radius 2 is 1.71 bits per heavy atom. The Hall–Kier alpha value is -1.34. The van der Waals surface area contributed by atoms with E-state index in [2.05, 4.69) is 5.32 Å². The van der Waals surface area contributed by atoms with E-state index in [0.29, 0.717) is 11.2 Å². The molecular weight excluding hydrogens is 307 g/mol. The summed E-state index contributed by atoms with van der Waals surface area (Å²) in [6, 6.07) is 0. The van der Waals surface area contributed by atoms with Crippen LogP contribution < -0.4 is 5.32 Å². The van der Waals surface area contributed by atoms with Gasteiger partial charge in [-0.1, -0.05) is 0 Å². The van der Waals surface area contributed by atoms with E-state index in [9.17, 15) is 4.79 Å². The molecule has 0 unspecified atom stereocenters. The van der Waals surface area contributed by atoms with E-state index >= 15 is 0 Å². The van der Waals surface area contributed by atoms with Crippen LogP contribution in [0.1, 0.15) is 61.3 Å². The van der Waals surface area contributed by atoms with Crippen LogP contribution >= 0.6 is 0 Å². The van der Waals surface area contributed by atoms with Gasteiger partial charge >= 0.3 is 13.2 Å². The molecule has 0 bridgehead atoms. The van der Waals surface area contributed by atoms with Crippen molar-refractivity contribution in [2.45, 2.75) is 78.1 Å². The Bertz CT molecular complexity index is 543. The lowest BCUT2D eigenvalue weighted by atomic mass is 9.74. The Balaban J connectivity index is 2.16. The molecule has 2 N–H and O–H groups in total. The predicted octanol–water partition coefficient (Wildman–Crippen LogP) is 3.46. The van der Waals surface area contributed by atoms with Crippen molar-refractivity contribution in [1.82, 2.24) is 5.32 Å². The lowest BCUT2D eigenvalue weighted by Crippen LogP contribution is -2.41. The van der Waals surface area contributed by atoms with Crippen molar-refractivity contribution in [3.63, 3.8) is 0 Å². The van der Waals surface area contributed by atoms with Crippen molar-refractivity contribution in [2.75, 3.05) is 0 Å². The second-order valence-corrected chi connectivity index (χ2v) is 8.52. The molecule has 134 valence electrons. The van der Waals surface area contributed by atoms with Gasteiger partial charge in [-0.25, -0.2) is 4.79 Å². The first-order chi connectivity index (χ1) is 10.8. The standard InChI is InChI=1S/C17H29BN2O4/c1-15(2,3)22-14(21)20-10-12(13(19)11-8-9-11)18-23-16(4,5)17(6,7)24-18/h10-11,19H,8-9H2,1-7H3,(H,20,21)/b12-10+,19-13?. The number of carbonyl (C=O) groups is 1. The summed E-state index contributed by atoms with van der Waals surface area (Å²) in [5, 5.41) is 11.0. The fraction of sp³-hybridized carbons (Fsp3) is 0.765. The Morgan fingerprint density at radius 3 is 2.12 bits per heavy atom. The molecule has 0 radical (unpaired) electrons. The van der Waals surface area contributed by atoms with Gasteiger partial charge in [-0.2, -0.15) is 0 Å². The van der Waals surface area contributed by atoms with Crippen LogP contribution in [0.5, 0.6) is 0 Å². The minimum absolute atomic E-state index is 0.218. The number of hydrogen-bond donors (Lipinski definition) is 2. The lowest BCUT2D eigenvalue weighted by Gasteiger charge is -2.32. The van der Waals surface area contributed by atoms with Crippen molar-refractivity contribution in [3.05, 3.63) is 11.7 Å². The van der Waals surface area contributed by atoms with Crippen molar-refractivity contribution in [3.8, 4) is 0 Å². The minimum atomic E-state index is -0.668. The molecule has 0 aromatic rings. The maximum Gasteiger partial charge on any atom is 0.498 e. The van der Waals surface area contributed by atoms with Gasteiger partial charge in [-0.05, 0) is 61.3 Å². The largest absolute Gasteiger partial charge is 0.498 e. The maximum absolute atomic E-state index is 11.9. The number of ether oxygens (including phenoxy) is 1. The molecule has 7 heteroatoms. The zero-order valence-electron chi connectivity index (χ0n) is 15.8. The number of allylic oxidation sites excluding steroid dienone is 1. The molecule has 1 saturated heterocycles. The molecule has 1 saturated carbocycles. The number of rotatable bonds is 4. The van der Waals surface area contributed by atoms with Crippen molar-refractivity contribution >= 4 is 18.9 Å². The quantitative estimate of drug-likeness (QED) is 0.609. The molecule has 2 aliphatic rings. The fourth-order valence-electron chi connectivity index (χ4n) is 2.29. The van der Waals surface area contributed by atoms with Crippen molar-refractivity contribution in [1.29, 1.82) is 5.41 Å². The molecular formula is C17H29BN2O4. The SMILES string of the molecule is CC(C)(C)OC(=O)N/C=C(/B1OC(C)(C)C(C)(C)O1)C(=N)C1CC1. The average Bonchev–Trinajstić information content (AvgIpc) is 3.15. The van der Waals surface area contributed by atoms with Gasteiger partial charge < -0.3 is 19.5 Å². The van der Waals surface area contributed by atoms with Crippen LogP contribution in [0, 0.1) is 11.3 Å². The molecule has 1 heterocycles. The smallest absolute Gasteiger partial charge is 0.444 e. The Kier molecular flexibility index (Phi) is 4.90. The molecule has 1 aliphatic heterocycles. The first-order valence-corrected chi connectivity index (χ1v) is 8.46. The van der Waals surface area contributed by atoms with E-state index in [0.717, 1.165) is 12.8 Å². The van der Waals surface area contributed by atoms with Crippen LogP contribution in [-0.4, -0.2) is 35.7 Å². The summed E-state index contributed by atoms with van der Waals surface area (Å²) in [5.74, 6) is 0.218. The van der Waals surface area contributed by atoms with Crippen molar-refractivity contribution < 1.29 is 18.8 Å². The van der Waals surface area contributed by atoms with E-state index < -0.39 is 30.0 Å². The van der Waals surface area contributed by atoms with Crippen molar-refractivity contribution in [2.24, 2.45) is 5.92 Å². The molecule has 2 rings (SSSR count). The second kappa shape index (κ2) is 6.19. The molecule has 0 atom stereocenters. The molecule has 2 fully saturated rings. The predicted molar refractivity (Wildman–Crippen MR) is 94.0 cm³/mol. The summed E-state index contributed by atoms with van der Waals surface area (Å²) in [7, 11) is -0.668. The highest BCUT2D eigenvalue weighted by atomic mass is 16.7. The summed E-state index contributed by atoms with van der Waals surface area (Å²) in [5.41, 5.74) is -0.544. The van der Waals surface area contributed by atoms with Crippen LogP contribution in [0.4, 0.5) is 4.79 Å². The Labute approximate surface area is 145 Å². The first kappa shape index (κ1) is 19.0. The highest BCUT2D eigenvalue weighted by molar-refractivity contribution is 6.62. The van der Waals surface area contributed by atoms with Gasteiger partial charge in [0.25, 0.3) is 0 Å². The monoisotopic (exact) mass is 336 g/mol. The molecule has 0 aromatic heterocycles. The highest BCUT2D eigenvalue weighted by Gasteiger charge is 2.53. The molecule has 6 nitrogen and oxygen atoms in total. The van der Waals surface area contributed by atoms with Gasteiger partial charge in [0, 0.05) is 23.3 Å². The summed E-state index contributed by atoms with van der Waals surface area (Å²) < 4.78 is 17.3. The number of nitrogens with one attached hydrogen (secondary N) is 2. The van der Waals surface area contributed by atoms with Gasteiger partial charge in [-0.3, -0.25) is 5.32 Å². The van der Waals surface area contributed by atoms with Crippen LogP contribution in [0.15, 0.2) is 11.7 Å². The van der Waals surface area contributed by atoms with Crippen LogP contribution in [0.25, 0.3) is 0 Å². The summed E-state index contributed by atoms with van der Waals surface area (Å²) in [6.45, 7) is 13.3. The Morgan fingerprint density at radius 1 is 1.21 bits per heavy atom. The average molecular weight is 336 g/mol. The zero-order valence-corrected chi connectivity index (χ0v) is 15.8. The summed E-state index contributed by atoms with van der Waals surface area (Å²) in [4.78, 5) is 11.9. The lowest BCUT2D eigenvalue weighted by molar-refractivity contribution is 0.00578. The molecule has 24 heavy (non-hydrogen) atoms. The van der Waals surface area contributed by atoms with E-state index in [-0.39, 0.29) is 5.92 Å². The second-order valence-electron chi connectivity index (χ2n) is 8.52. The van der Waals surface area contributed by atoms with Crippen LogP contribution in [-0.2, 0) is 14.0 Å². The third kappa shape index (κ3) is 4.39. The van der Waals surface area contributed by atoms with E-state index in [1.807, 2.05) is 27.7 Å². The van der Waals surface area contributed by atoms with E-state index in [1.54, 1.807) is 20.8 Å². The normalized spacial score (nSPS) is 23.1. The van der Waals surface area contributed by atoms with Gasteiger partial charge in [0.1, 0.15) is 5.60 Å². The topological polar surface area (TPSA) is 80.6 Å². The third-order valence-corrected chi connectivity index (χ3v) is 4.55. The number of alkyl carbamates (subject to hydrolysis) is 1. The number of carbonyl (C=O) groups excluding carboxylic acids is 1. The number of amides is 1. The third-order valence-electron chi connectivity index (χ3n) is 4.55. The van der Waals surface area contributed by atoms with Gasteiger partial charge in [0.15, 0.2) is 0 Å². The molecule has 1 aliphatic carbocycles. The van der Waals surface area contributed by atoms with Gasteiger partial charge in [0.05, 0.1) is 11.2 Å². The molecule has 0 aromatic carbocycles. The zero-order chi connectivity index (χ0) is 18.3. The summed E-state index contributed by atoms with van der Waals surface area (Å²) >= 11 is 0. The minimum Gasteiger partial charge on any atom is -0.444 e. The summed E-state index contributed by atoms with van der Waals surface area (Å²) in [6.07, 6.45) is 2.92. The van der Waals surface area contributed by atoms with Gasteiger partial charge in [-0.15, -0.1) is 0 Å². The first-order valence-electron chi connectivity index (χ1n) is 8.46. The molecule has 0 spiro atoms. The van der Waals surface area contributed by atoms with E-state index in [4.69, 9.17) is 19.5 Å². The van der Waals surface area contributed by atoms with Gasteiger partial charge in [0.2, 0.25) is 0 Å². The fourth-order valence-corrected chi connectivity index (χ4v) is 2.29. The van der Waals surface area contributed by atoms with Crippen LogP contribution in [0.3, 0.4) is 0 Å². The molecule has 1 amide bonds.